The third-order valence-electron chi connectivity index (χ3n) is 2.46. The van der Waals surface area contributed by atoms with Crippen LogP contribution in [0.1, 0.15) is 0 Å². The normalized spacial score (nSPS) is 21.2. The highest BCUT2D eigenvalue weighted by Gasteiger charge is 2.36. The van der Waals surface area contributed by atoms with Crippen LogP contribution in [0.25, 0.3) is 0 Å². The zero-order valence-corrected chi connectivity index (χ0v) is 10.1. The van der Waals surface area contributed by atoms with Gasteiger partial charge >= 0.3 is 7.60 Å². The number of nitrogens with zero attached hydrogens (tertiary/aromatic N) is 1. The number of rotatable bonds is 5. The second-order valence-electron chi connectivity index (χ2n) is 3.20. The first kappa shape index (κ1) is 12.9. The number of ether oxygens (including phenoxy) is 1. The van der Waals surface area contributed by atoms with Gasteiger partial charge in [0.15, 0.2) is 0 Å². The zero-order chi connectivity index (χ0) is 11.3. The van der Waals surface area contributed by atoms with E-state index >= 15 is 0 Å². The standard InChI is InChI=1S/C9H18NO4P/c1-4-9(15(11,12-2)13-3)10-5-7-14-8-6-10/h4,9H,1,5-8H2,2-3H3. The smallest absolute Gasteiger partial charge is 0.351 e. The molecule has 88 valence electrons. The summed E-state index contributed by atoms with van der Waals surface area (Å²) >= 11 is 0. The van der Waals surface area contributed by atoms with E-state index in [2.05, 4.69) is 6.58 Å². The molecule has 0 aromatic carbocycles. The van der Waals surface area contributed by atoms with Crippen molar-refractivity contribution in [3.05, 3.63) is 12.7 Å². The van der Waals surface area contributed by atoms with Crippen molar-refractivity contribution in [2.24, 2.45) is 0 Å². The maximum absolute atomic E-state index is 12.2. The summed E-state index contributed by atoms with van der Waals surface area (Å²) in [7, 11) is -0.327. The van der Waals surface area contributed by atoms with Crippen molar-refractivity contribution in [1.29, 1.82) is 0 Å². The minimum absolute atomic E-state index is 0.392. The summed E-state index contributed by atoms with van der Waals surface area (Å²) in [5.41, 5.74) is 0. The second kappa shape index (κ2) is 5.77. The van der Waals surface area contributed by atoms with E-state index < -0.39 is 13.4 Å². The first-order valence-corrected chi connectivity index (χ1v) is 6.44. The Kier molecular flexibility index (Phi) is 4.96. The lowest BCUT2D eigenvalue weighted by Crippen LogP contribution is -2.42. The topological polar surface area (TPSA) is 48.0 Å². The molecule has 0 spiro atoms. The van der Waals surface area contributed by atoms with Gasteiger partial charge in [-0.05, 0) is 0 Å². The zero-order valence-electron chi connectivity index (χ0n) is 9.22. The maximum atomic E-state index is 12.2. The Balaban J connectivity index is 2.76. The van der Waals surface area contributed by atoms with E-state index in [-0.39, 0.29) is 0 Å². The molecule has 1 saturated heterocycles. The Morgan fingerprint density at radius 2 is 1.93 bits per heavy atom. The van der Waals surface area contributed by atoms with Gasteiger partial charge in [0.2, 0.25) is 0 Å². The second-order valence-corrected chi connectivity index (χ2v) is 5.54. The quantitative estimate of drug-likeness (QED) is 0.531. The minimum atomic E-state index is -3.11. The molecule has 1 fully saturated rings. The van der Waals surface area contributed by atoms with Crippen molar-refractivity contribution in [3.8, 4) is 0 Å². The number of morpholine rings is 1. The molecule has 1 unspecified atom stereocenters. The fraction of sp³-hybridized carbons (Fsp3) is 0.778. The van der Waals surface area contributed by atoms with Crippen LogP contribution in [-0.2, 0) is 18.3 Å². The SMILES string of the molecule is C=CC(N1CCOCC1)P(=O)(OC)OC. The Bertz CT molecular complexity index is 244. The summed E-state index contributed by atoms with van der Waals surface area (Å²) in [5.74, 6) is -0.392. The summed E-state index contributed by atoms with van der Waals surface area (Å²) in [6, 6.07) is 0. The van der Waals surface area contributed by atoms with Gasteiger partial charge in [0, 0.05) is 27.3 Å². The van der Waals surface area contributed by atoms with Gasteiger partial charge in [-0.2, -0.15) is 0 Å². The largest absolute Gasteiger partial charge is 0.379 e. The molecule has 1 rings (SSSR count). The third kappa shape index (κ3) is 2.89. The first-order valence-electron chi connectivity index (χ1n) is 4.83. The monoisotopic (exact) mass is 235 g/mol. The molecule has 0 bridgehead atoms. The molecule has 0 aliphatic carbocycles. The van der Waals surface area contributed by atoms with Crippen molar-refractivity contribution >= 4 is 7.60 Å². The molecular weight excluding hydrogens is 217 g/mol. The van der Waals surface area contributed by atoms with Gasteiger partial charge < -0.3 is 13.8 Å². The Morgan fingerprint density at radius 3 is 2.33 bits per heavy atom. The lowest BCUT2D eigenvalue weighted by atomic mass is 10.4. The highest BCUT2D eigenvalue weighted by molar-refractivity contribution is 7.54. The van der Waals surface area contributed by atoms with Crippen LogP contribution in [0.5, 0.6) is 0 Å². The molecule has 15 heavy (non-hydrogen) atoms. The predicted octanol–water partition coefficient (Wildman–Crippen LogP) is 1.32. The lowest BCUT2D eigenvalue weighted by molar-refractivity contribution is 0.0327. The molecule has 5 nitrogen and oxygen atoms in total. The number of hydrogen-bond acceptors (Lipinski definition) is 5. The Morgan fingerprint density at radius 1 is 1.40 bits per heavy atom. The van der Waals surface area contributed by atoms with Crippen LogP contribution in [0, 0.1) is 0 Å². The van der Waals surface area contributed by atoms with E-state index in [0.29, 0.717) is 26.3 Å². The van der Waals surface area contributed by atoms with E-state index in [1.54, 1.807) is 6.08 Å². The maximum Gasteiger partial charge on any atom is 0.351 e. The van der Waals surface area contributed by atoms with Gasteiger partial charge in [-0.25, -0.2) is 0 Å². The fourth-order valence-corrected chi connectivity index (χ4v) is 3.08. The van der Waals surface area contributed by atoms with Gasteiger partial charge in [0.25, 0.3) is 0 Å². The summed E-state index contributed by atoms with van der Waals surface area (Å²) in [6.45, 7) is 6.39. The van der Waals surface area contributed by atoms with Crippen molar-refractivity contribution in [2.45, 2.75) is 5.78 Å². The van der Waals surface area contributed by atoms with Crippen LogP contribution in [0.15, 0.2) is 12.7 Å². The van der Waals surface area contributed by atoms with Crippen molar-refractivity contribution in [2.75, 3.05) is 40.5 Å². The molecule has 6 heteroatoms. The van der Waals surface area contributed by atoms with Crippen LogP contribution in [0.4, 0.5) is 0 Å². The van der Waals surface area contributed by atoms with Gasteiger partial charge in [0.1, 0.15) is 5.78 Å². The fourth-order valence-electron chi connectivity index (χ4n) is 1.61. The Labute approximate surface area is 90.5 Å². The molecule has 0 radical (unpaired) electrons. The van der Waals surface area contributed by atoms with Crippen LogP contribution in [-0.4, -0.2) is 51.2 Å². The van der Waals surface area contributed by atoms with Gasteiger partial charge in [0.05, 0.1) is 13.2 Å². The van der Waals surface area contributed by atoms with E-state index in [0.717, 1.165) is 0 Å². The van der Waals surface area contributed by atoms with E-state index in [4.69, 9.17) is 13.8 Å². The van der Waals surface area contributed by atoms with E-state index in [9.17, 15) is 4.57 Å². The molecule has 1 aliphatic heterocycles. The van der Waals surface area contributed by atoms with Gasteiger partial charge in [-0.3, -0.25) is 9.46 Å². The molecule has 1 heterocycles. The summed E-state index contributed by atoms with van der Waals surface area (Å²) in [4.78, 5) is 2.00. The molecule has 0 N–H and O–H groups in total. The van der Waals surface area contributed by atoms with Crippen LogP contribution in [0.3, 0.4) is 0 Å². The van der Waals surface area contributed by atoms with Gasteiger partial charge in [-0.1, -0.05) is 6.08 Å². The van der Waals surface area contributed by atoms with Crippen molar-refractivity contribution in [3.63, 3.8) is 0 Å². The lowest BCUT2D eigenvalue weighted by Gasteiger charge is -2.35. The molecule has 0 amide bonds. The Hall–Kier alpha value is -0.190. The minimum Gasteiger partial charge on any atom is -0.379 e. The predicted molar refractivity (Wildman–Crippen MR) is 58.0 cm³/mol. The molecule has 1 atom stereocenters. The van der Waals surface area contributed by atoms with Crippen LogP contribution >= 0.6 is 7.60 Å². The molecule has 0 aromatic heterocycles. The average molecular weight is 235 g/mol. The average Bonchev–Trinajstić information content (AvgIpc) is 2.31. The van der Waals surface area contributed by atoms with E-state index in [1.807, 2.05) is 4.90 Å². The van der Waals surface area contributed by atoms with Crippen LogP contribution in [0.2, 0.25) is 0 Å². The molecule has 1 aliphatic rings. The molecule has 0 saturated carbocycles. The van der Waals surface area contributed by atoms with Crippen LogP contribution < -0.4 is 0 Å². The summed E-state index contributed by atoms with van der Waals surface area (Å²) < 4.78 is 27.4. The van der Waals surface area contributed by atoms with Crippen molar-refractivity contribution in [1.82, 2.24) is 4.90 Å². The summed E-state index contributed by atoms with van der Waals surface area (Å²) in [5, 5.41) is 0. The van der Waals surface area contributed by atoms with E-state index in [1.165, 1.54) is 14.2 Å². The first-order chi connectivity index (χ1) is 7.18. The van der Waals surface area contributed by atoms with Gasteiger partial charge in [-0.15, -0.1) is 6.58 Å². The van der Waals surface area contributed by atoms with Crippen molar-refractivity contribution < 1.29 is 18.3 Å². The highest BCUT2D eigenvalue weighted by atomic mass is 31.2. The molecule has 0 aromatic rings. The molecular formula is C9H18NO4P. The highest BCUT2D eigenvalue weighted by Crippen LogP contribution is 2.53. The third-order valence-corrected chi connectivity index (χ3v) is 4.67. The number of hydrogen-bond donors (Lipinski definition) is 0. The summed E-state index contributed by atoms with van der Waals surface area (Å²) in [6.07, 6.45) is 1.61.